The number of benzene rings is 1. The first-order valence-electron chi connectivity index (χ1n) is 15.1. The van der Waals surface area contributed by atoms with Crippen molar-refractivity contribution in [1.29, 1.82) is 5.26 Å². The molecule has 2 aromatic rings. The highest BCUT2D eigenvalue weighted by Crippen LogP contribution is 2.49. The molecule has 2 aliphatic carbocycles. The van der Waals surface area contributed by atoms with Crippen LogP contribution in [-0.4, -0.2) is 77.6 Å². The highest BCUT2D eigenvalue weighted by atomic mass is 19.1. The van der Waals surface area contributed by atoms with Crippen molar-refractivity contribution < 1.29 is 13.9 Å². The molecule has 4 aliphatic rings. The summed E-state index contributed by atoms with van der Waals surface area (Å²) in [6, 6.07) is 8.14. The number of nitrogens with zero attached hydrogens (tertiary/aromatic N) is 6. The molecule has 42 heavy (non-hydrogen) atoms. The number of carbonyl (C=O) groups excluding carboxylic acids is 1. The van der Waals surface area contributed by atoms with Crippen LogP contribution in [0.3, 0.4) is 0 Å². The highest BCUT2D eigenvalue weighted by Gasteiger charge is 2.42. The summed E-state index contributed by atoms with van der Waals surface area (Å²) in [5, 5.41) is 9.52. The van der Waals surface area contributed by atoms with E-state index in [2.05, 4.69) is 41.6 Å². The molecule has 1 aromatic carbocycles. The number of nitriles is 1. The summed E-state index contributed by atoms with van der Waals surface area (Å²) in [5.74, 6) is 0.507. The van der Waals surface area contributed by atoms with Crippen molar-refractivity contribution in [3.63, 3.8) is 0 Å². The lowest BCUT2D eigenvalue weighted by molar-refractivity contribution is -0.128. The number of ether oxygens (including phenoxy) is 1. The second-order valence-corrected chi connectivity index (χ2v) is 12.3. The molecular formula is C33H39FN6O2. The van der Waals surface area contributed by atoms with Crippen LogP contribution in [0, 0.1) is 17.1 Å². The predicted octanol–water partition coefficient (Wildman–Crippen LogP) is 4.44. The van der Waals surface area contributed by atoms with E-state index < -0.39 is 0 Å². The zero-order chi connectivity index (χ0) is 29.4. The fourth-order valence-corrected chi connectivity index (χ4v) is 7.42. The van der Waals surface area contributed by atoms with Crippen molar-refractivity contribution >= 4 is 17.3 Å². The number of allylic oxidation sites excluding steroid dienone is 2. The van der Waals surface area contributed by atoms with Crippen LogP contribution in [-0.2, 0) is 23.1 Å². The third kappa shape index (κ3) is 5.06. The lowest BCUT2D eigenvalue weighted by Crippen LogP contribution is -2.55. The Morgan fingerprint density at radius 3 is 2.90 bits per heavy atom. The Bertz CT molecular complexity index is 1470. The van der Waals surface area contributed by atoms with Crippen LogP contribution in [0.4, 0.5) is 10.2 Å². The van der Waals surface area contributed by atoms with E-state index in [0.29, 0.717) is 44.7 Å². The number of halogens is 1. The van der Waals surface area contributed by atoms with Gasteiger partial charge >= 0.3 is 6.01 Å². The quantitative estimate of drug-likeness (QED) is 0.475. The monoisotopic (exact) mass is 570 g/mol. The molecule has 0 bridgehead atoms. The van der Waals surface area contributed by atoms with Crippen LogP contribution in [0.15, 0.2) is 36.9 Å². The number of likely N-dealkylation sites (tertiary alicyclic amines) is 1. The first-order chi connectivity index (χ1) is 20.3. The Morgan fingerprint density at radius 1 is 1.29 bits per heavy atom. The fraction of sp³-hybridized carbons (Fsp3) is 0.515. The van der Waals surface area contributed by atoms with E-state index in [9.17, 15) is 10.1 Å². The van der Waals surface area contributed by atoms with Crippen LogP contribution < -0.4 is 9.64 Å². The maximum absolute atomic E-state index is 15.1. The summed E-state index contributed by atoms with van der Waals surface area (Å²) in [5.41, 5.74) is 4.58. The molecule has 2 aliphatic heterocycles. The Hall–Kier alpha value is -3.77. The maximum atomic E-state index is 15.1. The molecule has 0 radical (unpaired) electrons. The number of likely N-dealkylation sites (N-methyl/N-ethyl adjacent to an activating group) is 1. The fourth-order valence-electron chi connectivity index (χ4n) is 7.42. The number of piperazine rings is 1. The van der Waals surface area contributed by atoms with Crippen LogP contribution in [0.1, 0.15) is 61.4 Å². The van der Waals surface area contributed by atoms with Crippen LogP contribution >= 0.6 is 0 Å². The van der Waals surface area contributed by atoms with Gasteiger partial charge in [-0.25, -0.2) is 4.39 Å². The number of hydrogen-bond acceptors (Lipinski definition) is 7. The van der Waals surface area contributed by atoms with Gasteiger partial charge in [0.05, 0.1) is 24.2 Å². The largest absolute Gasteiger partial charge is 0.462 e. The normalized spacial score (nSPS) is 25.4. The number of anilines is 1. The van der Waals surface area contributed by atoms with Crippen LogP contribution in [0.2, 0.25) is 0 Å². The van der Waals surface area contributed by atoms with Crippen molar-refractivity contribution in [2.75, 3.05) is 44.7 Å². The molecule has 2 saturated heterocycles. The molecule has 8 nitrogen and oxygen atoms in total. The van der Waals surface area contributed by atoms with Crippen molar-refractivity contribution in [2.24, 2.45) is 0 Å². The van der Waals surface area contributed by atoms with Crippen molar-refractivity contribution in [2.45, 2.75) is 69.4 Å². The number of rotatable bonds is 6. The Labute approximate surface area is 247 Å². The average Bonchev–Trinajstić information content (AvgIpc) is 3.41. The number of carbonyl (C=O) groups is 1. The molecule has 6 rings (SSSR count). The third-order valence-corrected chi connectivity index (χ3v) is 9.83. The lowest BCUT2D eigenvalue weighted by atomic mass is 9.63. The molecule has 1 amide bonds. The number of fused-ring (bicyclic) bond motifs is 3. The lowest BCUT2D eigenvalue weighted by Gasteiger charge is -2.44. The van der Waals surface area contributed by atoms with Crippen LogP contribution in [0.25, 0.3) is 5.57 Å². The third-order valence-electron chi connectivity index (χ3n) is 9.83. The van der Waals surface area contributed by atoms with Gasteiger partial charge < -0.3 is 19.4 Å². The SMILES string of the molecule is C=CC(=O)N1CCN(c2nc(OC[C@@H]3CCCN3C)nc3c2CCC2(CC=C(C)c4c(F)cccc42)C3)C[C@@H]1CC#N. The Morgan fingerprint density at radius 2 is 2.14 bits per heavy atom. The average molecular weight is 571 g/mol. The van der Waals surface area contributed by atoms with Crippen molar-refractivity contribution in [3.8, 4) is 12.1 Å². The molecule has 3 heterocycles. The number of hydrogen-bond donors (Lipinski definition) is 0. The molecule has 2 fully saturated rings. The number of amides is 1. The van der Waals surface area contributed by atoms with Gasteiger partial charge in [-0.2, -0.15) is 15.2 Å². The van der Waals surface area contributed by atoms with Gasteiger partial charge in [0.15, 0.2) is 0 Å². The van der Waals surface area contributed by atoms with Gasteiger partial charge in [-0.3, -0.25) is 4.79 Å². The first kappa shape index (κ1) is 28.4. The highest BCUT2D eigenvalue weighted by molar-refractivity contribution is 5.87. The van der Waals surface area contributed by atoms with Gasteiger partial charge in [0, 0.05) is 48.6 Å². The minimum Gasteiger partial charge on any atom is -0.462 e. The van der Waals surface area contributed by atoms with Gasteiger partial charge in [-0.1, -0.05) is 24.8 Å². The second-order valence-electron chi connectivity index (χ2n) is 12.3. The molecular weight excluding hydrogens is 531 g/mol. The molecule has 0 N–H and O–H groups in total. The van der Waals surface area contributed by atoms with Crippen LogP contribution in [0.5, 0.6) is 6.01 Å². The number of aromatic nitrogens is 2. The zero-order valence-corrected chi connectivity index (χ0v) is 24.6. The van der Waals surface area contributed by atoms with Gasteiger partial charge in [0.1, 0.15) is 18.2 Å². The Balaban J connectivity index is 1.37. The molecule has 3 atom stereocenters. The molecule has 0 saturated carbocycles. The minimum absolute atomic E-state index is 0.155. The first-order valence-corrected chi connectivity index (χ1v) is 15.1. The molecule has 220 valence electrons. The summed E-state index contributed by atoms with van der Waals surface area (Å²) < 4.78 is 21.4. The van der Waals surface area contributed by atoms with Gasteiger partial charge in [0.25, 0.3) is 0 Å². The van der Waals surface area contributed by atoms with E-state index in [1.165, 1.54) is 6.08 Å². The second kappa shape index (κ2) is 11.5. The van der Waals surface area contributed by atoms with E-state index in [0.717, 1.165) is 72.4 Å². The van der Waals surface area contributed by atoms with Gasteiger partial charge in [-0.05, 0) is 75.9 Å². The maximum Gasteiger partial charge on any atom is 0.318 e. The molecule has 1 unspecified atom stereocenters. The predicted molar refractivity (Wildman–Crippen MR) is 160 cm³/mol. The van der Waals surface area contributed by atoms with Crippen molar-refractivity contribution in [1.82, 2.24) is 19.8 Å². The standard InChI is InChI=1S/C33H39FN6O2/c1-4-29(41)40-18-17-39(20-23(40)12-15-35)31-25-11-14-33(13-10-22(2)30-26(33)8-5-9-27(30)34)19-28(25)36-32(37-31)42-21-24-7-6-16-38(24)3/h4-5,8-10,23-24H,1,6-7,11-14,16-21H2,2-3H3/t23-,24-,33?/m0/s1. The molecule has 1 spiro atoms. The Kier molecular flexibility index (Phi) is 7.75. The summed E-state index contributed by atoms with van der Waals surface area (Å²) in [7, 11) is 2.12. The summed E-state index contributed by atoms with van der Waals surface area (Å²) in [6.45, 7) is 8.80. The van der Waals surface area contributed by atoms with E-state index in [1.54, 1.807) is 11.0 Å². The van der Waals surface area contributed by atoms with Crippen molar-refractivity contribution in [3.05, 3.63) is 65.1 Å². The summed E-state index contributed by atoms with van der Waals surface area (Å²) in [4.78, 5) is 28.8. The summed E-state index contributed by atoms with van der Waals surface area (Å²) >= 11 is 0. The molecule has 9 heteroatoms. The minimum atomic E-state index is -0.257. The summed E-state index contributed by atoms with van der Waals surface area (Å²) in [6.07, 6.45) is 9.10. The van der Waals surface area contributed by atoms with Gasteiger partial charge in [0.2, 0.25) is 5.91 Å². The molecule has 1 aromatic heterocycles. The van der Waals surface area contributed by atoms with E-state index in [-0.39, 0.29) is 29.6 Å². The van der Waals surface area contributed by atoms with E-state index in [1.807, 2.05) is 13.0 Å². The smallest absolute Gasteiger partial charge is 0.318 e. The van der Waals surface area contributed by atoms with E-state index >= 15 is 4.39 Å². The zero-order valence-electron chi connectivity index (χ0n) is 24.6. The van der Waals surface area contributed by atoms with E-state index in [4.69, 9.17) is 14.7 Å². The van der Waals surface area contributed by atoms with Gasteiger partial charge in [-0.15, -0.1) is 0 Å². The topological polar surface area (TPSA) is 85.6 Å².